The number of nitriles is 1. The summed E-state index contributed by atoms with van der Waals surface area (Å²) in [7, 11) is 0. The fourth-order valence-electron chi connectivity index (χ4n) is 5.02. The van der Waals surface area contributed by atoms with Gasteiger partial charge in [0, 0.05) is 24.4 Å². The van der Waals surface area contributed by atoms with Gasteiger partial charge in [0.2, 0.25) is 11.8 Å². The van der Waals surface area contributed by atoms with E-state index in [1.807, 2.05) is 42.5 Å². The van der Waals surface area contributed by atoms with Gasteiger partial charge < -0.3 is 15.1 Å². The summed E-state index contributed by atoms with van der Waals surface area (Å²) in [5.74, 6) is -4.21. The number of rotatable bonds is 6. The molecule has 1 aliphatic heterocycles. The number of carbonyl (C=O) groups is 2. The summed E-state index contributed by atoms with van der Waals surface area (Å²) in [4.78, 5) is 26.5. The molecule has 39 heavy (non-hydrogen) atoms. The summed E-state index contributed by atoms with van der Waals surface area (Å²) < 4.78 is 33.8. The van der Waals surface area contributed by atoms with Crippen molar-refractivity contribution in [2.24, 2.45) is 5.10 Å². The van der Waals surface area contributed by atoms with Crippen LogP contribution in [0.5, 0.6) is 0 Å². The number of benzene rings is 2. The Bertz CT molecular complexity index is 1510. The predicted molar refractivity (Wildman–Crippen MR) is 140 cm³/mol. The van der Waals surface area contributed by atoms with E-state index in [2.05, 4.69) is 27.2 Å². The Morgan fingerprint density at radius 2 is 1.69 bits per heavy atom. The molecule has 0 radical (unpaired) electrons. The Labute approximate surface area is 222 Å². The second kappa shape index (κ2) is 9.17. The molecule has 2 aromatic carbocycles. The van der Waals surface area contributed by atoms with E-state index in [0.29, 0.717) is 30.4 Å². The molecule has 9 nitrogen and oxygen atoms in total. The molecule has 0 atom stereocenters. The van der Waals surface area contributed by atoms with Crippen molar-refractivity contribution < 1.29 is 22.8 Å². The van der Waals surface area contributed by atoms with E-state index >= 15 is 0 Å². The first-order chi connectivity index (χ1) is 18.7. The Morgan fingerprint density at radius 1 is 0.974 bits per heavy atom. The maximum Gasteiger partial charge on any atom is 0.287 e. The molecule has 200 valence electrons. The monoisotopic (exact) mass is 532 g/mol. The Hall–Kier alpha value is -4.30. The standard InChI is InChI=1S/C28H26F2N6O3/c29-28(30)11-9-27(10-12-28,25(38)35-26(17-31)7-8-26)34-24(37)23-16-20-2-1-19(15-22(20)39-23)18-3-5-21(6-4-18)36-32-13-14-33-36/h1-6,13,15-16,33H,7-12,14H2,(H,34,37)(H,35,38). The van der Waals surface area contributed by atoms with Gasteiger partial charge in [0.25, 0.3) is 5.91 Å². The molecule has 3 aromatic rings. The maximum atomic E-state index is 14.0. The van der Waals surface area contributed by atoms with E-state index in [4.69, 9.17) is 4.42 Å². The zero-order chi connectivity index (χ0) is 27.3. The van der Waals surface area contributed by atoms with E-state index < -0.39 is 41.7 Å². The Morgan fingerprint density at radius 3 is 2.33 bits per heavy atom. The minimum Gasteiger partial charge on any atom is -0.451 e. The number of halogens is 2. The second-order valence-corrected chi connectivity index (χ2v) is 10.4. The molecule has 2 heterocycles. The average molecular weight is 533 g/mol. The minimum absolute atomic E-state index is 0.0265. The first kappa shape index (κ1) is 25.0. The number of nitrogens with zero attached hydrogens (tertiary/aromatic N) is 3. The van der Waals surface area contributed by atoms with Crippen LogP contribution in [0.25, 0.3) is 22.1 Å². The normalized spacial score (nSPS) is 20.4. The molecule has 2 saturated carbocycles. The zero-order valence-electron chi connectivity index (χ0n) is 21.0. The van der Waals surface area contributed by atoms with Crippen molar-refractivity contribution in [3.05, 3.63) is 54.3 Å². The highest BCUT2D eigenvalue weighted by atomic mass is 19.3. The molecule has 1 aromatic heterocycles. The lowest BCUT2D eigenvalue weighted by Crippen LogP contribution is -2.62. The third-order valence-corrected chi connectivity index (χ3v) is 7.66. The van der Waals surface area contributed by atoms with Crippen LogP contribution in [0, 0.1) is 11.3 Å². The molecule has 11 heteroatoms. The molecule has 3 N–H and O–H groups in total. The Kier molecular flexibility index (Phi) is 5.88. The summed E-state index contributed by atoms with van der Waals surface area (Å²) in [6.45, 7) is 0.672. The van der Waals surface area contributed by atoms with Crippen LogP contribution < -0.4 is 21.2 Å². The van der Waals surface area contributed by atoms with Crippen LogP contribution in [0.2, 0.25) is 0 Å². The Balaban J connectivity index is 1.22. The zero-order valence-corrected chi connectivity index (χ0v) is 21.0. The van der Waals surface area contributed by atoms with Crippen molar-refractivity contribution in [3.63, 3.8) is 0 Å². The fourth-order valence-corrected chi connectivity index (χ4v) is 5.02. The van der Waals surface area contributed by atoms with Crippen molar-refractivity contribution in [2.75, 3.05) is 11.7 Å². The van der Waals surface area contributed by atoms with Gasteiger partial charge in [-0.2, -0.15) is 15.5 Å². The number of alkyl halides is 2. The smallest absolute Gasteiger partial charge is 0.287 e. The molecule has 6 rings (SSSR count). The summed E-state index contributed by atoms with van der Waals surface area (Å²) in [5, 5.41) is 21.4. The van der Waals surface area contributed by atoms with Crippen LogP contribution in [0.4, 0.5) is 14.5 Å². The SMILES string of the molecule is N#CC1(NC(=O)C2(NC(=O)c3cc4ccc(-c5ccc(N6N=CCN6)cc5)cc4o3)CCC(F)(F)CC2)CC1. The van der Waals surface area contributed by atoms with E-state index in [1.165, 1.54) is 0 Å². The quantitative estimate of drug-likeness (QED) is 0.436. The lowest BCUT2D eigenvalue weighted by atomic mass is 9.78. The lowest BCUT2D eigenvalue weighted by molar-refractivity contribution is -0.133. The fraction of sp³-hybridized carbons (Fsp3) is 0.357. The average Bonchev–Trinajstić information content (AvgIpc) is 3.30. The molecule has 0 spiro atoms. The third-order valence-electron chi connectivity index (χ3n) is 7.66. The van der Waals surface area contributed by atoms with Gasteiger partial charge in [0.15, 0.2) is 5.76 Å². The van der Waals surface area contributed by atoms with E-state index in [9.17, 15) is 23.6 Å². The van der Waals surface area contributed by atoms with Crippen molar-refractivity contribution in [1.29, 1.82) is 5.26 Å². The van der Waals surface area contributed by atoms with Gasteiger partial charge >= 0.3 is 0 Å². The first-order valence-corrected chi connectivity index (χ1v) is 12.8. The number of anilines is 1. The van der Waals surface area contributed by atoms with Crippen LogP contribution in [0.1, 0.15) is 49.1 Å². The number of carbonyl (C=O) groups excluding carboxylic acids is 2. The van der Waals surface area contributed by atoms with E-state index in [-0.39, 0.29) is 18.6 Å². The third kappa shape index (κ3) is 4.83. The van der Waals surface area contributed by atoms with Crippen LogP contribution in [-0.2, 0) is 4.79 Å². The van der Waals surface area contributed by atoms with Crippen LogP contribution >= 0.6 is 0 Å². The van der Waals surface area contributed by atoms with Gasteiger partial charge in [0.05, 0.1) is 18.3 Å². The second-order valence-electron chi connectivity index (χ2n) is 10.4. The number of nitrogens with one attached hydrogen (secondary N) is 3. The molecule has 0 bridgehead atoms. The summed E-state index contributed by atoms with van der Waals surface area (Å²) in [6.07, 6.45) is 1.21. The highest BCUT2D eigenvalue weighted by Gasteiger charge is 2.53. The topological polar surface area (TPSA) is 123 Å². The van der Waals surface area contributed by atoms with E-state index in [0.717, 1.165) is 16.8 Å². The molecule has 2 aliphatic carbocycles. The number of furan rings is 1. The van der Waals surface area contributed by atoms with Gasteiger partial charge in [-0.3, -0.25) is 9.59 Å². The number of hydrazine groups is 1. The summed E-state index contributed by atoms with van der Waals surface area (Å²) >= 11 is 0. The van der Waals surface area contributed by atoms with Crippen LogP contribution in [0.15, 0.2) is 58.0 Å². The maximum absolute atomic E-state index is 14.0. The van der Waals surface area contributed by atoms with Gasteiger partial charge in [-0.15, -0.1) is 0 Å². The lowest BCUT2D eigenvalue weighted by Gasteiger charge is -2.39. The molecule has 0 saturated heterocycles. The van der Waals surface area contributed by atoms with Crippen molar-refractivity contribution in [2.45, 2.75) is 55.5 Å². The number of hydrogen-bond acceptors (Lipinski definition) is 7. The number of fused-ring (bicyclic) bond motifs is 1. The highest BCUT2D eigenvalue weighted by molar-refractivity contribution is 6.01. The van der Waals surface area contributed by atoms with Gasteiger partial charge in [-0.1, -0.05) is 24.3 Å². The predicted octanol–water partition coefficient (Wildman–Crippen LogP) is 4.26. The van der Waals surface area contributed by atoms with Crippen LogP contribution in [-0.4, -0.2) is 41.6 Å². The molecule has 0 unspecified atom stereocenters. The molecule has 2 fully saturated rings. The number of hydrogen-bond donors (Lipinski definition) is 3. The molecule has 3 aliphatic rings. The summed E-state index contributed by atoms with van der Waals surface area (Å²) in [5.41, 5.74) is 3.77. The minimum atomic E-state index is -2.91. The molecular weight excluding hydrogens is 506 g/mol. The van der Waals surface area contributed by atoms with Gasteiger partial charge in [-0.25, -0.2) is 14.2 Å². The van der Waals surface area contributed by atoms with E-state index in [1.54, 1.807) is 17.4 Å². The first-order valence-electron chi connectivity index (χ1n) is 12.8. The van der Waals surface area contributed by atoms with Crippen molar-refractivity contribution >= 4 is 34.7 Å². The summed E-state index contributed by atoms with van der Waals surface area (Å²) in [6, 6.07) is 17.0. The largest absolute Gasteiger partial charge is 0.451 e. The van der Waals surface area contributed by atoms with Crippen molar-refractivity contribution in [3.8, 4) is 17.2 Å². The van der Waals surface area contributed by atoms with Gasteiger partial charge in [-0.05, 0) is 61.1 Å². The highest BCUT2D eigenvalue weighted by Crippen LogP contribution is 2.41. The molecule has 2 amide bonds. The van der Waals surface area contributed by atoms with Crippen LogP contribution in [0.3, 0.4) is 0 Å². The molecular formula is C28H26F2N6O3. The van der Waals surface area contributed by atoms with Gasteiger partial charge in [0.1, 0.15) is 16.7 Å². The van der Waals surface area contributed by atoms with Crippen molar-refractivity contribution in [1.82, 2.24) is 16.1 Å². The number of amides is 2. The number of hydrazone groups is 1.